The molecule has 0 amide bonds. The number of unbranched alkanes of at least 4 members (excludes halogenated alkanes) is 15. The van der Waals surface area contributed by atoms with E-state index in [-0.39, 0.29) is 11.4 Å². The zero-order valence-corrected chi connectivity index (χ0v) is 19.8. The zero-order valence-electron chi connectivity index (χ0n) is 19.8. The van der Waals surface area contributed by atoms with Gasteiger partial charge in [-0.3, -0.25) is 0 Å². The molecule has 0 aromatic carbocycles. The van der Waals surface area contributed by atoms with Crippen LogP contribution in [0.15, 0.2) is 12.2 Å². The summed E-state index contributed by atoms with van der Waals surface area (Å²) >= 11 is 0. The lowest BCUT2D eigenvalue weighted by Gasteiger charge is -2.24. The quantitative estimate of drug-likeness (QED) is 0.117. The summed E-state index contributed by atoms with van der Waals surface area (Å²) in [5.41, 5.74) is 0.555. The molecule has 0 bridgehead atoms. The largest absolute Gasteiger partial charge is 0.462 e. The summed E-state index contributed by atoms with van der Waals surface area (Å²) in [7, 11) is 0. The van der Waals surface area contributed by atoms with Crippen LogP contribution in [0.5, 0.6) is 0 Å². The second-order valence-corrected chi connectivity index (χ2v) is 9.57. The van der Waals surface area contributed by atoms with E-state index in [1.807, 2.05) is 0 Å². The smallest absolute Gasteiger partial charge is 0.333 e. The molecule has 0 saturated carbocycles. The van der Waals surface area contributed by atoms with Crippen LogP contribution in [0, 0.1) is 5.41 Å². The molecule has 0 rings (SSSR count). The summed E-state index contributed by atoms with van der Waals surface area (Å²) in [6.45, 7) is 12.5. The van der Waals surface area contributed by atoms with E-state index in [9.17, 15) is 4.79 Å². The highest BCUT2D eigenvalue weighted by molar-refractivity contribution is 5.86. The van der Waals surface area contributed by atoms with Crippen molar-refractivity contribution in [1.82, 2.24) is 0 Å². The Morgan fingerprint density at radius 3 is 1.43 bits per heavy atom. The van der Waals surface area contributed by atoms with Gasteiger partial charge in [-0.2, -0.15) is 0 Å². The topological polar surface area (TPSA) is 26.3 Å². The first-order valence-corrected chi connectivity index (χ1v) is 12.2. The van der Waals surface area contributed by atoms with Crippen LogP contribution in [0.3, 0.4) is 0 Å². The van der Waals surface area contributed by atoms with Crippen molar-refractivity contribution in [3.8, 4) is 0 Å². The summed E-state index contributed by atoms with van der Waals surface area (Å²) in [6.07, 6.45) is 23.5. The van der Waals surface area contributed by atoms with E-state index in [2.05, 4.69) is 27.4 Å². The minimum atomic E-state index is -0.264. The van der Waals surface area contributed by atoms with Gasteiger partial charge >= 0.3 is 5.97 Å². The standard InChI is InChI=1S/C26H50O2/c1-6-7-8-9-10-11-12-13-14-15-16-17-18-19-20-21-22-26(4,5)23-28-25(27)24(2)3/h2,6-23H2,1,3-5H3. The molecule has 2 heteroatoms. The number of esters is 1. The highest BCUT2D eigenvalue weighted by Crippen LogP contribution is 2.25. The van der Waals surface area contributed by atoms with Crippen LogP contribution >= 0.6 is 0 Å². The molecule has 0 saturated heterocycles. The molecule has 166 valence electrons. The first-order chi connectivity index (χ1) is 13.4. The molecule has 28 heavy (non-hydrogen) atoms. The number of ether oxygens (including phenoxy) is 1. The lowest BCUT2D eigenvalue weighted by atomic mass is 9.87. The molecular weight excluding hydrogens is 344 g/mol. The predicted molar refractivity (Wildman–Crippen MR) is 124 cm³/mol. The van der Waals surface area contributed by atoms with E-state index in [1.54, 1.807) is 6.92 Å². The number of hydrogen-bond donors (Lipinski definition) is 0. The van der Waals surface area contributed by atoms with Crippen LogP contribution in [0.25, 0.3) is 0 Å². The molecule has 0 aliphatic rings. The minimum Gasteiger partial charge on any atom is -0.462 e. The van der Waals surface area contributed by atoms with Crippen LogP contribution in [-0.4, -0.2) is 12.6 Å². The molecule has 0 unspecified atom stereocenters. The average molecular weight is 395 g/mol. The Kier molecular flexibility index (Phi) is 17.7. The van der Waals surface area contributed by atoms with Crippen LogP contribution in [0.2, 0.25) is 0 Å². The minimum absolute atomic E-state index is 0.0705. The lowest BCUT2D eigenvalue weighted by Crippen LogP contribution is -2.22. The molecule has 2 nitrogen and oxygen atoms in total. The maximum atomic E-state index is 11.5. The molecule has 0 N–H and O–H groups in total. The lowest BCUT2D eigenvalue weighted by molar-refractivity contribution is -0.142. The summed E-state index contributed by atoms with van der Waals surface area (Å²) < 4.78 is 5.31. The fourth-order valence-corrected chi connectivity index (χ4v) is 3.61. The van der Waals surface area contributed by atoms with Gasteiger partial charge in [0, 0.05) is 5.57 Å². The molecule has 0 aliphatic heterocycles. The third kappa shape index (κ3) is 18.6. The Bertz CT molecular complexity index is 384. The molecular formula is C26H50O2. The first-order valence-electron chi connectivity index (χ1n) is 12.2. The molecule has 0 heterocycles. The van der Waals surface area contributed by atoms with Gasteiger partial charge in [-0.1, -0.05) is 130 Å². The van der Waals surface area contributed by atoms with E-state index in [0.717, 1.165) is 6.42 Å². The molecule has 0 aromatic heterocycles. The number of carbonyl (C=O) groups excluding carboxylic acids is 1. The van der Waals surface area contributed by atoms with Gasteiger partial charge in [0.15, 0.2) is 0 Å². The maximum absolute atomic E-state index is 11.5. The van der Waals surface area contributed by atoms with Crippen molar-refractivity contribution in [2.75, 3.05) is 6.61 Å². The molecule has 0 spiro atoms. The normalized spacial score (nSPS) is 11.6. The van der Waals surface area contributed by atoms with Crippen LogP contribution in [0.1, 0.15) is 137 Å². The van der Waals surface area contributed by atoms with Gasteiger partial charge in [-0.05, 0) is 18.8 Å². The second-order valence-electron chi connectivity index (χ2n) is 9.57. The van der Waals surface area contributed by atoms with Crippen LogP contribution in [-0.2, 0) is 9.53 Å². The summed E-state index contributed by atoms with van der Waals surface area (Å²) in [4.78, 5) is 11.5. The van der Waals surface area contributed by atoms with Crippen LogP contribution < -0.4 is 0 Å². The predicted octanol–water partition coefficient (Wildman–Crippen LogP) is 8.78. The van der Waals surface area contributed by atoms with Gasteiger partial charge < -0.3 is 4.74 Å². The van der Waals surface area contributed by atoms with Crippen molar-refractivity contribution in [3.05, 3.63) is 12.2 Å². The van der Waals surface area contributed by atoms with E-state index < -0.39 is 0 Å². The average Bonchev–Trinajstić information content (AvgIpc) is 2.65. The third-order valence-corrected chi connectivity index (χ3v) is 5.65. The summed E-state index contributed by atoms with van der Waals surface area (Å²) in [5, 5.41) is 0. The molecule has 0 atom stereocenters. The maximum Gasteiger partial charge on any atom is 0.333 e. The van der Waals surface area contributed by atoms with Crippen molar-refractivity contribution in [2.24, 2.45) is 5.41 Å². The van der Waals surface area contributed by atoms with Gasteiger partial charge in [0.05, 0.1) is 6.61 Å². The van der Waals surface area contributed by atoms with Crippen LogP contribution in [0.4, 0.5) is 0 Å². The number of carbonyl (C=O) groups is 1. The van der Waals surface area contributed by atoms with E-state index in [1.165, 1.54) is 103 Å². The first kappa shape index (κ1) is 27.2. The SMILES string of the molecule is C=C(C)C(=O)OCC(C)(C)CCCCCCCCCCCCCCCCCC. The highest BCUT2D eigenvalue weighted by atomic mass is 16.5. The molecule has 0 radical (unpaired) electrons. The molecule has 0 aromatic rings. The van der Waals surface area contributed by atoms with Crippen molar-refractivity contribution in [1.29, 1.82) is 0 Å². The van der Waals surface area contributed by atoms with Gasteiger partial charge in [-0.15, -0.1) is 0 Å². The van der Waals surface area contributed by atoms with E-state index in [4.69, 9.17) is 4.74 Å². The Morgan fingerprint density at radius 1 is 0.714 bits per heavy atom. The fourth-order valence-electron chi connectivity index (χ4n) is 3.61. The molecule has 0 fully saturated rings. The Labute approximate surface area is 176 Å². The van der Waals surface area contributed by atoms with Gasteiger partial charge in [0.1, 0.15) is 0 Å². The zero-order chi connectivity index (χ0) is 21.1. The van der Waals surface area contributed by atoms with Crippen molar-refractivity contribution < 1.29 is 9.53 Å². The van der Waals surface area contributed by atoms with Gasteiger partial charge in [0.2, 0.25) is 0 Å². The van der Waals surface area contributed by atoms with Gasteiger partial charge in [0.25, 0.3) is 0 Å². The van der Waals surface area contributed by atoms with Gasteiger partial charge in [-0.25, -0.2) is 4.79 Å². The second kappa shape index (κ2) is 18.3. The summed E-state index contributed by atoms with van der Waals surface area (Å²) in [5.74, 6) is -0.264. The summed E-state index contributed by atoms with van der Waals surface area (Å²) in [6, 6.07) is 0. The number of hydrogen-bond acceptors (Lipinski definition) is 2. The monoisotopic (exact) mass is 394 g/mol. The Morgan fingerprint density at radius 2 is 1.07 bits per heavy atom. The highest BCUT2D eigenvalue weighted by Gasteiger charge is 2.20. The van der Waals surface area contributed by atoms with E-state index in [0.29, 0.717) is 12.2 Å². The van der Waals surface area contributed by atoms with Crippen molar-refractivity contribution in [2.45, 2.75) is 137 Å². The Hall–Kier alpha value is -0.790. The van der Waals surface area contributed by atoms with Crippen molar-refractivity contribution in [3.63, 3.8) is 0 Å². The fraction of sp³-hybridized carbons (Fsp3) is 0.885. The van der Waals surface area contributed by atoms with Crippen molar-refractivity contribution >= 4 is 5.97 Å². The third-order valence-electron chi connectivity index (χ3n) is 5.65. The molecule has 0 aliphatic carbocycles. The van der Waals surface area contributed by atoms with E-state index >= 15 is 0 Å². The number of rotatable bonds is 20. The Balaban J connectivity index is 3.32.